The van der Waals surface area contributed by atoms with Gasteiger partial charge in [-0.25, -0.2) is 4.39 Å². The van der Waals surface area contributed by atoms with Gasteiger partial charge in [0.25, 0.3) is 0 Å². The number of hydrogen-bond donors (Lipinski definition) is 1. The van der Waals surface area contributed by atoms with Crippen molar-refractivity contribution in [2.75, 3.05) is 36.5 Å². The zero-order chi connectivity index (χ0) is 11.4. The Morgan fingerprint density at radius 3 is 2.75 bits per heavy atom. The summed E-state index contributed by atoms with van der Waals surface area (Å²) in [5, 5.41) is 2.41. The van der Waals surface area contributed by atoms with E-state index < -0.39 is 0 Å². The van der Waals surface area contributed by atoms with E-state index in [-0.39, 0.29) is 5.82 Å². The van der Waals surface area contributed by atoms with Crippen molar-refractivity contribution >= 4 is 17.8 Å². The molecule has 0 aromatic heterocycles. The van der Waals surface area contributed by atoms with E-state index >= 15 is 0 Å². The number of halogens is 1. The minimum absolute atomic E-state index is 0.325. The number of anilines is 2. The Labute approximate surface area is 93.0 Å². The maximum Gasteiger partial charge on any atom is 0.211 e. The van der Waals surface area contributed by atoms with Crippen LogP contribution in [0.15, 0.2) is 18.2 Å². The number of carbonyl (C=O) groups is 1. The number of morpholine rings is 1. The predicted molar refractivity (Wildman–Crippen MR) is 59.1 cm³/mol. The second kappa shape index (κ2) is 4.94. The van der Waals surface area contributed by atoms with Gasteiger partial charge in [0.2, 0.25) is 6.41 Å². The van der Waals surface area contributed by atoms with Gasteiger partial charge >= 0.3 is 0 Å². The molecule has 1 saturated heterocycles. The lowest BCUT2D eigenvalue weighted by atomic mass is 10.2. The van der Waals surface area contributed by atoms with E-state index in [2.05, 4.69) is 5.32 Å². The molecule has 0 radical (unpaired) electrons. The third-order valence-corrected chi connectivity index (χ3v) is 2.53. The van der Waals surface area contributed by atoms with E-state index in [1.165, 1.54) is 6.07 Å². The number of benzene rings is 1. The van der Waals surface area contributed by atoms with Crippen molar-refractivity contribution in [1.29, 1.82) is 0 Å². The van der Waals surface area contributed by atoms with Gasteiger partial charge in [-0.3, -0.25) is 4.79 Å². The summed E-state index contributed by atoms with van der Waals surface area (Å²) in [5.74, 6) is -0.325. The highest BCUT2D eigenvalue weighted by Gasteiger charge is 2.14. The molecule has 1 aromatic carbocycles. The van der Waals surface area contributed by atoms with E-state index in [0.717, 1.165) is 0 Å². The molecule has 0 aliphatic carbocycles. The number of carbonyl (C=O) groups excluding carboxylic acids is 1. The first-order valence-corrected chi connectivity index (χ1v) is 5.13. The van der Waals surface area contributed by atoms with Crippen LogP contribution in [0.4, 0.5) is 15.8 Å². The van der Waals surface area contributed by atoms with Crippen LogP contribution in [0.5, 0.6) is 0 Å². The molecule has 2 rings (SSSR count). The van der Waals surface area contributed by atoms with Crippen LogP contribution in [-0.4, -0.2) is 32.7 Å². The average molecular weight is 224 g/mol. The topological polar surface area (TPSA) is 41.6 Å². The molecule has 1 amide bonds. The predicted octanol–water partition coefficient (Wildman–Crippen LogP) is 1.23. The summed E-state index contributed by atoms with van der Waals surface area (Å²) in [6.07, 6.45) is 0.531. The standard InChI is InChI=1S/C11H13FN2O2/c12-10-7-9(13-8-15)1-2-11(10)14-3-5-16-6-4-14/h1-2,7-8H,3-6H2,(H,13,15). The minimum Gasteiger partial charge on any atom is -0.378 e. The summed E-state index contributed by atoms with van der Waals surface area (Å²) in [4.78, 5) is 12.1. The van der Waals surface area contributed by atoms with Crippen LogP contribution in [-0.2, 0) is 9.53 Å². The number of hydrogen-bond acceptors (Lipinski definition) is 3. The van der Waals surface area contributed by atoms with Gasteiger partial charge < -0.3 is 15.0 Å². The third-order valence-electron chi connectivity index (χ3n) is 2.53. The third kappa shape index (κ3) is 2.30. The smallest absolute Gasteiger partial charge is 0.211 e. The molecule has 16 heavy (non-hydrogen) atoms. The van der Waals surface area contributed by atoms with Crippen molar-refractivity contribution in [2.24, 2.45) is 0 Å². The van der Waals surface area contributed by atoms with E-state index in [1.807, 2.05) is 4.90 Å². The molecule has 4 nitrogen and oxygen atoms in total. The fourth-order valence-corrected chi connectivity index (χ4v) is 1.73. The quantitative estimate of drug-likeness (QED) is 0.785. The van der Waals surface area contributed by atoms with Crippen LogP contribution in [0, 0.1) is 5.82 Å². The van der Waals surface area contributed by atoms with Gasteiger partial charge in [0.05, 0.1) is 18.9 Å². The maximum absolute atomic E-state index is 13.7. The highest BCUT2D eigenvalue weighted by molar-refractivity contribution is 5.72. The average Bonchev–Trinajstić information content (AvgIpc) is 2.31. The lowest BCUT2D eigenvalue weighted by Crippen LogP contribution is -2.36. The van der Waals surface area contributed by atoms with Gasteiger partial charge in [-0.05, 0) is 18.2 Å². The molecule has 0 spiro atoms. The molecule has 0 atom stereocenters. The summed E-state index contributed by atoms with van der Waals surface area (Å²) in [7, 11) is 0. The van der Waals surface area contributed by atoms with Crippen LogP contribution in [0.1, 0.15) is 0 Å². The monoisotopic (exact) mass is 224 g/mol. The van der Waals surface area contributed by atoms with E-state index in [0.29, 0.717) is 44.1 Å². The van der Waals surface area contributed by atoms with Crippen molar-refractivity contribution < 1.29 is 13.9 Å². The van der Waals surface area contributed by atoms with Crippen molar-refractivity contribution in [3.8, 4) is 0 Å². The minimum atomic E-state index is -0.325. The Bertz CT molecular complexity index is 378. The molecule has 1 N–H and O–H groups in total. The molecule has 5 heteroatoms. The first-order chi connectivity index (χ1) is 7.81. The Morgan fingerprint density at radius 1 is 1.38 bits per heavy atom. The first-order valence-electron chi connectivity index (χ1n) is 5.13. The fourth-order valence-electron chi connectivity index (χ4n) is 1.73. The molecule has 86 valence electrons. The molecule has 1 heterocycles. The number of amides is 1. The van der Waals surface area contributed by atoms with Crippen LogP contribution >= 0.6 is 0 Å². The van der Waals surface area contributed by atoms with Crippen LogP contribution < -0.4 is 10.2 Å². The Kier molecular flexibility index (Phi) is 3.36. The molecule has 1 aliphatic heterocycles. The van der Waals surface area contributed by atoms with Crippen LogP contribution in [0.2, 0.25) is 0 Å². The van der Waals surface area contributed by atoms with Gasteiger partial charge in [-0.15, -0.1) is 0 Å². The van der Waals surface area contributed by atoms with Gasteiger partial charge in [-0.1, -0.05) is 0 Å². The van der Waals surface area contributed by atoms with Crippen molar-refractivity contribution in [2.45, 2.75) is 0 Å². The largest absolute Gasteiger partial charge is 0.378 e. The van der Waals surface area contributed by atoms with Crippen molar-refractivity contribution in [3.63, 3.8) is 0 Å². The number of rotatable bonds is 3. The molecule has 0 bridgehead atoms. The number of nitrogens with zero attached hydrogens (tertiary/aromatic N) is 1. The van der Waals surface area contributed by atoms with E-state index in [1.54, 1.807) is 12.1 Å². The fraction of sp³-hybridized carbons (Fsp3) is 0.364. The van der Waals surface area contributed by atoms with E-state index in [4.69, 9.17) is 4.74 Å². The van der Waals surface area contributed by atoms with Gasteiger partial charge in [0, 0.05) is 18.8 Å². The second-order valence-corrected chi connectivity index (χ2v) is 3.53. The molecule has 0 saturated carbocycles. The molecular formula is C11H13FN2O2. The highest BCUT2D eigenvalue weighted by Crippen LogP contribution is 2.23. The van der Waals surface area contributed by atoms with Gasteiger partial charge in [0.15, 0.2) is 0 Å². The van der Waals surface area contributed by atoms with Crippen LogP contribution in [0.3, 0.4) is 0 Å². The molecular weight excluding hydrogens is 211 g/mol. The molecule has 1 fully saturated rings. The maximum atomic E-state index is 13.7. The number of nitrogens with one attached hydrogen (secondary N) is 1. The summed E-state index contributed by atoms with van der Waals surface area (Å²) < 4.78 is 18.9. The van der Waals surface area contributed by atoms with Crippen LogP contribution in [0.25, 0.3) is 0 Å². The normalized spacial score (nSPS) is 15.9. The van der Waals surface area contributed by atoms with Gasteiger partial charge in [-0.2, -0.15) is 0 Å². The Balaban J connectivity index is 2.17. The Hall–Kier alpha value is -1.62. The lowest BCUT2D eigenvalue weighted by Gasteiger charge is -2.29. The summed E-state index contributed by atoms with van der Waals surface area (Å²) in [6, 6.07) is 4.67. The highest BCUT2D eigenvalue weighted by atomic mass is 19.1. The first kappa shape index (κ1) is 10.9. The summed E-state index contributed by atoms with van der Waals surface area (Å²) in [5.41, 5.74) is 1.02. The molecule has 1 aromatic rings. The van der Waals surface area contributed by atoms with Crippen molar-refractivity contribution in [3.05, 3.63) is 24.0 Å². The summed E-state index contributed by atoms with van der Waals surface area (Å²) >= 11 is 0. The SMILES string of the molecule is O=CNc1ccc(N2CCOCC2)c(F)c1. The molecule has 0 unspecified atom stereocenters. The zero-order valence-electron chi connectivity index (χ0n) is 8.78. The van der Waals surface area contributed by atoms with Crippen molar-refractivity contribution in [1.82, 2.24) is 0 Å². The summed E-state index contributed by atoms with van der Waals surface area (Å²) in [6.45, 7) is 2.62. The zero-order valence-corrected chi connectivity index (χ0v) is 8.78. The molecule has 1 aliphatic rings. The second-order valence-electron chi connectivity index (χ2n) is 3.53. The van der Waals surface area contributed by atoms with Gasteiger partial charge in [0.1, 0.15) is 5.82 Å². The van der Waals surface area contributed by atoms with E-state index in [9.17, 15) is 9.18 Å². The lowest BCUT2D eigenvalue weighted by molar-refractivity contribution is -0.105. The Morgan fingerprint density at radius 2 is 2.12 bits per heavy atom. The number of ether oxygens (including phenoxy) is 1.